The molecule has 0 aromatic heterocycles. The van der Waals surface area contributed by atoms with Crippen molar-refractivity contribution in [3.63, 3.8) is 0 Å². The van der Waals surface area contributed by atoms with E-state index >= 15 is 0 Å². The van der Waals surface area contributed by atoms with Crippen molar-refractivity contribution < 1.29 is 38.7 Å². The third-order valence-electron chi connectivity index (χ3n) is 0. The second-order valence-corrected chi connectivity index (χ2v) is 0. The molecule has 0 unspecified atom stereocenters. The van der Waals surface area contributed by atoms with Crippen LogP contribution in [0.5, 0.6) is 0 Å². The van der Waals surface area contributed by atoms with Crippen molar-refractivity contribution in [2.45, 2.75) is 0 Å². The molecule has 4 heteroatoms. The van der Waals surface area contributed by atoms with Gasteiger partial charge in [-0.15, -0.1) is 0 Å². The summed E-state index contributed by atoms with van der Waals surface area (Å²) in [6.45, 7) is 0. The van der Waals surface area contributed by atoms with Gasteiger partial charge >= 0.3 is 18.9 Å². The van der Waals surface area contributed by atoms with Crippen LogP contribution >= 0.6 is 0 Å². The average molecular weight is 142 g/mol. The minimum absolute atomic E-state index is 0. The first-order chi connectivity index (χ1) is 0. The van der Waals surface area contributed by atoms with E-state index in [1.54, 1.807) is 0 Å². The standard InChI is InChI=1S/Co.Li.Ni.O.H. The molecule has 0 saturated carbocycles. The van der Waals surface area contributed by atoms with Gasteiger partial charge in [0.2, 0.25) is 0 Å². The van der Waals surface area contributed by atoms with Gasteiger partial charge in [0.1, 0.15) is 0 Å². The van der Waals surface area contributed by atoms with Gasteiger partial charge in [0, 0.05) is 38.7 Å². The Hall–Kier alpha value is 1.56. The Labute approximate surface area is 57.5 Å². The fourth-order valence-corrected chi connectivity index (χ4v) is 0. The Morgan fingerprint density at radius 3 is 1.00 bits per heavy atom. The average Bonchev–Trinajstić information content (AvgIpc) is 0. The first-order valence-corrected chi connectivity index (χ1v) is 0. The summed E-state index contributed by atoms with van der Waals surface area (Å²) in [6.07, 6.45) is 0. The van der Waals surface area contributed by atoms with Gasteiger partial charge in [-0.25, -0.2) is 0 Å². The van der Waals surface area contributed by atoms with Crippen molar-refractivity contribution in [3.8, 4) is 0 Å². The number of rotatable bonds is 0. The molecule has 3 radical (unpaired) electrons. The molecule has 0 saturated heterocycles. The summed E-state index contributed by atoms with van der Waals surface area (Å²) < 4.78 is 0. The zero-order valence-electron chi connectivity index (χ0n) is 1.06. The zero-order valence-corrected chi connectivity index (χ0v) is 3.09. The summed E-state index contributed by atoms with van der Waals surface area (Å²) in [7, 11) is 0. The molecule has 0 fully saturated rings. The molecule has 0 bridgehead atoms. The third-order valence-corrected chi connectivity index (χ3v) is 0. The van der Waals surface area contributed by atoms with Gasteiger partial charge in [0.05, 0.1) is 0 Å². The normalized spacial score (nSPS) is 0. The molecule has 0 heterocycles. The molecule has 0 atom stereocenters. The SMILES string of the molecule is [Co].[LiH].[Ni].[O]. The van der Waals surface area contributed by atoms with E-state index in [0.29, 0.717) is 0 Å². The van der Waals surface area contributed by atoms with Gasteiger partial charge in [0.25, 0.3) is 0 Å². The van der Waals surface area contributed by atoms with Crippen LogP contribution in [0.25, 0.3) is 0 Å². The smallest absolute Gasteiger partial charge is 0 e. The molecule has 0 aromatic rings. The van der Waals surface area contributed by atoms with E-state index in [9.17, 15) is 0 Å². The fraction of sp³-hybridized carbons (Fsp3) is 0. The molecule has 0 aliphatic carbocycles. The predicted octanol–water partition coefficient (Wildman–Crippen LogP) is -0.772. The van der Waals surface area contributed by atoms with E-state index in [0.717, 1.165) is 0 Å². The maximum absolute atomic E-state index is 0. The van der Waals surface area contributed by atoms with E-state index in [4.69, 9.17) is 0 Å². The van der Waals surface area contributed by atoms with Crippen LogP contribution in [0.2, 0.25) is 0 Å². The van der Waals surface area contributed by atoms with Crippen molar-refractivity contribution in [1.82, 2.24) is 0 Å². The quantitative estimate of drug-likeness (QED) is 0.397. The van der Waals surface area contributed by atoms with E-state index < -0.39 is 0 Å². The van der Waals surface area contributed by atoms with Crippen LogP contribution < -0.4 is 0 Å². The summed E-state index contributed by atoms with van der Waals surface area (Å²) in [5.41, 5.74) is 0. The van der Waals surface area contributed by atoms with Crippen molar-refractivity contribution in [3.05, 3.63) is 0 Å². The van der Waals surface area contributed by atoms with Crippen LogP contribution in [-0.4, -0.2) is 18.9 Å². The Kier molecular flexibility index (Phi) is 283. The largest absolute Gasteiger partial charge is 0 e. The molecule has 0 spiro atoms. The second kappa shape index (κ2) is 23.8. The molecule has 0 aliphatic rings. The van der Waals surface area contributed by atoms with Crippen molar-refractivity contribution in [2.24, 2.45) is 0 Å². The van der Waals surface area contributed by atoms with E-state index in [1.165, 1.54) is 0 Å². The van der Waals surface area contributed by atoms with Gasteiger partial charge in [-0.1, -0.05) is 0 Å². The summed E-state index contributed by atoms with van der Waals surface area (Å²) in [6, 6.07) is 0. The van der Waals surface area contributed by atoms with Crippen LogP contribution in [0.4, 0.5) is 0 Å². The Bertz CT molecular complexity index is 8.00. The molecular formula is HCoLiNiO. The van der Waals surface area contributed by atoms with Crippen LogP contribution in [-0.2, 0) is 38.7 Å². The molecule has 27 valence electrons. The van der Waals surface area contributed by atoms with Crippen LogP contribution in [0.3, 0.4) is 0 Å². The van der Waals surface area contributed by atoms with Gasteiger partial charge in [-0.05, 0) is 0 Å². The first-order valence-electron chi connectivity index (χ1n) is 0. The van der Waals surface area contributed by atoms with Gasteiger partial charge < -0.3 is 0 Å². The molecule has 0 aliphatic heterocycles. The Morgan fingerprint density at radius 1 is 1.00 bits per heavy atom. The molecule has 0 rings (SSSR count). The summed E-state index contributed by atoms with van der Waals surface area (Å²) in [5, 5.41) is 0. The predicted molar refractivity (Wildman–Crippen MR) is 7.84 cm³/mol. The van der Waals surface area contributed by atoms with Crippen molar-refractivity contribution in [1.29, 1.82) is 0 Å². The third kappa shape index (κ3) is 9.59. The molecule has 0 amide bonds. The van der Waals surface area contributed by atoms with Crippen LogP contribution in [0.1, 0.15) is 0 Å². The molecule has 4 heavy (non-hydrogen) atoms. The van der Waals surface area contributed by atoms with Gasteiger partial charge in [0.15, 0.2) is 0 Å². The van der Waals surface area contributed by atoms with Crippen LogP contribution in [0.15, 0.2) is 0 Å². The van der Waals surface area contributed by atoms with Gasteiger partial charge in [-0.3, -0.25) is 0 Å². The Morgan fingerprint density at radius 2 is 1.00 bits per heavy atom. The molecule has 0 aromatic carbocycles. The number of hydrogen-bond donors (Lipinski definition) is 0. The van der Waals surface area contributed by atoms with Crippen molar-refractivity contribution in [2.75, 3.05) is 0 Å². The molecule has 1 nitrogen and oxygen atoms in total. The van der Waals surface area contributed by atoms with E-state index in [2.05, 4.69) is 0 Å². The summed E-state index contributed by atoms with van der Waals surface area (Å²) in [4.78, 5) is 0. The second-order valence-electron chi connectivity index (χ2n) is 0. The summed E-state index contributed by atoms with van der Waals surface area (Å²) in [5.74, 6) is 0. The van der Waals surface area contributed by atoms with Crippen molar-refractivity contribution >= 4 is 18.9 Å². The van der Waals surface area contributed by atoms with E-state index in [-0.39, 0.29) is 57.6 Å². The van der Waals surface area contributed by atoms with Crippen LogP contribution in [0, 0.1) is 0 Å². The minimum Gasteiger partial charge on any atom is 0 e. The monoisotopic (exact) mass is 141 g/mol. The topological polar surface area (TPSA) is 28.5 Å². The van der Waals surface area contributed by atoms with Gasteiger partial charge in [-0.2, -0.15) is 0 Å². The minimum atomic E-state index is 0. The molecular weight excluding hydrogens is 141 g/mol. The maximum Gasteiger partial charge on any atom is 0 e. The number of hydrogen-bond acceptors (Lipinski definition) is 0. The molecule has 0 N–H and O–H groups in total. The fourth-order valence-electron chi connectivity index (χ4n) is 0. The maximum atomic E-state index is 0. The Balaban J connectivity index is 0. The van der Waals surface area contributed by atoms with E-state index in [1.807, 2.05) is 0 Å². The summed E-state index contributed by atoms with van der Waals surface area (Å²) >= 11 is 0. The first kappa shape index (κ1) is 47.6. The zero-order chi connectivity index (χ0) is 0.